The lowest BCUT2D eigenvalue weighted by Gasteiger charge is -2.38. The number of hydrogen-bond acceptors (Lipinski definition) is 4. The molecule has 0 aromatic heterocycles. The van der Waals surface area contributed by atoms with Crippen LogP contribution in [0.15, 0.2) is 4.99 Å². The van der Waals surface area contributed by atoms with Crippen molar-refractivity contribution in [2.24, 2.45) is 16.3 Å². The lowest BCUT2D eigenvalue weighted by Crippen LogP contribution is -2.45. The van der Waals surface area contributed by atoms with E-state index >= 15 is 0 Å². The Morgan fingerprint density at radius 1 is 0.958 bits per heavy atom. The molecule has 1 aliphatic carbocycles. The molecule has 0 amide bonds. The van der Waals surface area contributed by atoms with Crippen molar-refractivity contribution in [1.82, 2.24) is 9.80 Å². The number of rotatable bonds is 0. The molecule has 138 valence electrons. The van der Waals surface area contributed by atoms with E-state index in [1.165, 1.54) is 45.2 Å². The number of ether oxygens (including phenoxy) is 1. The molecule has 3 aliphatic heterocycles. The summed E-state index contributed by atoms with van der Waals surface area (Å²) in [5.74, 6) is 1.88. The summed E-state index contributed by atoms with van der Waals surface area (Å²) in [6.45, 7) is 10.2. The minimum Gasteiger partial charge on any atom is -0.473 e. The summed E-state index contributed by atoms with van der Waals surface area (Å²) in [5.41, 5.74) is 0.864. The van der Waals surface area contributed by atoms with Gasteiger partial charge in [0.15, 0.2) is 5.90 Å². The van der Waals surface area contributed by atoms with Crippen LogP contribution in [0.25, 0.3) is 0 Å². The standard InChI is InChI=1S/C11H21N.C9H16N2O/c1-10-3-4-11(9-10)5-7-12(2)8-6-11;1-8-10-7-9(12-8)3-5-11(2)6-4-9/h10H,3-9H2,1-2H3;3-7H2,1-2H3. The van der Waals surface area contributed by atoms with Gasteiger partial charge in [-0.05, 0) is 64.2 Å². The van der Waals surface area contributed by atoms with Gasteiger partial charge in [-0.1, -0.05) is 13.3 Å². The molecule has 4 nitrogen and oxygen atoms in total. The van der Waals surface area contributed by atoms with Gasteiger partial charge in [-0.3, -0.25) is 4.99 Å². The summed E-state index contributed by atoms with van der Waals surface area (Å²) in [6.07, 6.45) is 9.71. The van der Waals surface area contributed by atoms with Crippen LogP contribution in [-0.2, 0) is 4.74 Å². The summed E-state index contributed by atoms with van der Waals surface area (Å²) < 4.78 is 5.76. The van der Waals surface area contributed by atoms with Gasteiger partial charge in [0.2, 0.25) is 0 Å². The predicted molar refractivity (Wildman–Crippen MR) is 101 cm³/mol. The summed E-state index contributed by atoms with van der Waals surface area (Å²) in [5, 5.41) is 0. The molecule has 0 aromatic rings. The third-order valence-electron chi connectivity index (χ3n) is 6.85. The van der Waals surface area contributed by atoms with Crippen molar-refractivity contribution in [3.05, 3.63) is 0 Å². The molecule has 0 radical (unpaired) electrons. The molecule has 4 rings (SSSR count). The van der Waals surface area contributed by atoms with Crippen molar-refractivity contribution in [3.63, 3.8) is 0 Å². The lowest BCUT2D eigenvalue weighted by atomic mass is 9.76. The normalized spacial score (nSPS) is 32.3. The highest BCUT2D eigenvalue weighted by Crippen LogP contribution is 2.48. The molecule has 2 saturated heterocycles. The van der Waals surface area contributed by atoms with Crippen molar-refractivity contribution in [1.29, 1.82) is 0 Å². The Morgan fingerprint density at radius 2 is 1.54 bits per heavy atom. The van der Waals surface area contributed by atoms with E-state index in [9.17, 15) is 0 Å². The van der Waals surface area contributed by atoms with Crippen LogP contribution in [-0.4, -0.2) is 68.1 Å². The van der Waals surface area contributed by atoms with Gasteiger partial charge in [0.25, 0.3) is 0 Å². The Balaban J connectivity index is 0.000000141. The fourth-order valence-electron chi connectivity index (χ4n) is 4.96. The highest BCUT2D eigenvalue weighted by atomic mass is 16.5. The second-order valence-corrected chi connectivity index (χ2v) is 9.07. The van der Waals surface area contributed by atoms with Gasteiger partial charge >= 0.3 is 0 Å². The van der Waals surface area contributed by atoms with Crippen LogP contribution in [0.5, 0.6) is 0 Å². The Bertz CT molecular complexity index is 430. The first-order valence-electron chi connectivity index (χ1n) is 9.98. The second-order valence-electron chi connectivity index (χ2n) is 9.07. The maximum absolute atomic E-state index is 5.76. The summed E-state index contributed by atoms with van der Waals surface area (Å²) in [4.78, 5) is 9.14. The highest BCUT2D eigenvalue weighted by molar-refractivity contribution is 5.75. The average Bonchev–Trinajstić information content (AvgIpc) is 3.11. The van der Waals surface area contributed by atoms with Crippen molar-refractivity contribution < 1.29 is 4.74 Å². The average molecular weight is 336 g/mol. The fourth-order valence-corrected chi connectivity index (χ4v) is 4.96. The van der Waals surface area contributed by atoms with Crippen molar-refractivity contribution in [2.45, 2.75) is 64.4 Å². The first kappa shape index (κ1) is 18.2. The molecule has 2 spiro atoms. The van der Waals surface area contributed by atoms with Crippen LogP contribution in [0.4, 0.5) is 0 Å². The summed E-state index contributed by atoms with van der Waals surface area (Å²) >= 11 is 0. The molecule has 0 N–H and O–H groups in total. The number of likely N-dealkylation sites (tertiary alicyclic amines) is 2. The van der Waals surface area contributed by atoms with E-state index in [0.717, 1.165) is 49.7 Å². The molecule has 4 heteroatoms. The Labute approximate surface area is 148 Å². The van der Waals surface area contributed by atoms with E-state index in [1.807, 2.05) is 6.92 Å². The molecule has 1 unspecified atom stereocenters. The molecular formula is C20H37N3O. The highest BCUT2D eigenvalue weighted by Gasteiger charge is 2.39. The predicted octanol–water partition coefficient (Wildman–Crippen LogP) is 3.42. The number of hydrogen-bond donors (Lipinski definition) is 0. The van der Waals surface area contributed by atoms with E-state index in [2.05, 4.69) is 35.8 Å². The molecular weight excluding hydrogens is 298 g/mol. The van der Waals surface area contributed by atoms with Crippen LogP contribution in [0, 0.1) is 11.3 Å². The largest absolute Gasteiger partial charge is 0.473 e. The van der Waals surface area contributed by atoms with Gasteiger partial charge in [-0.15, -0.1) is 0 Å². The van der Waals surface area contributed by atoms with Crippen LogP contribution in [0.3, 0.4) is 0 Å². The lowest BCUT2D eigenvalue weighted by molar-refractivity contribution is 0.0216. The third-order valence-corrected chi connectivity index (χ3v) is 6.85. The minimum absolute atomic E-state index is 0.0800. The van der Waals surface area contributed by atoms with E-state index in [4.69, 9.17) is 4.74 Å². The Kier molecular flexibility index (Phi) is 5.55. The van der Waals surface area contributed by atoms with Crippen LogP contribution in [0.2, 0.25) is 0 Å². The second kappa shape index (κ2) is 7.33. The molecule has 1 saturated carbocycles. The molecule has 24 heavy (non-hydrogen) atoms. The Hall–Kier alpha value is -0.610. The monoisotopic (exact) mass is 335 g/mol. The van der Waals surface area contributed by atoms with Gasteiger partial charge < -0.3 is 14.5 Å². The number of piperidine rings is 2. The SMILES string of the molecule is CC1=NCC2(CCN(C)CC2)O1.CC1CCC2(CCN(C)CC2)C1. The van der Waals surface area contributed by atoms with Crippen molar-refractivity contribution in [3.8, 4) is 0 Å². The first-order valence-corrected chi connectivity index (χ1v) is 9.98. The fraction of sp³-hybridized carbons (Fsp3) is 0.950. The zero-order valence-electron chi connectivity index (χ0n) is 16.3. The van der Waals surface area contributed by atoms with Gasteiger partial charge in [-0.2, -0.15) is 0 Å². The van der Waals surface area contributed by atoms with Crippen LogP contribution in [0.1, 0.15) is 58.8 Å². The first-order chi connectivity index (χ1) is 11.4. The third kappa shape index (κ3) is 4.32. The Morgan fingerprint density at radius 3 is 2.00 bits per heavy atom. The van der Waals surface area contributed by atoms with Gasteiger partial charge in [0, 0.05) is 32.9 Å². The molecule has 0 bridgehead atoms. The maximum atomic E-state index is 5.76. The van der Waals surface area contributed by atoms with E-state index in [0.29, 0.717) is 0 Å². The van der Waals surface area contributed by atoms with Crippen LogP contribution >= 0.6 is 0 Å². The maximum Gasteiger partial charge on any atom is 0.180 e. The van der Waals surface area contributed by atoms with E-state index < -0.39 is 0 Å². The molecule has 3 heterocycles. The molecule has 4 aliphatic rings. The van der Waals surface area contributed by atoms with Gasteiger partial charge in [0.05, 0.1) is 6.54 Å². The smallest absolute Gasteiger partial charge is 0.180 e. The zero-order chi connectivity index (χ0) is 17.2. The van der Waals surface area contributed by atoms with Crippen molar-refractivity contribution in [2.75, 3.05) is 46.8 Å². The molecule has 0 aromatic carbocycles. The quantitative estimate of drug-likeness (QED) is 0.679. The van der Waals surface area contributed by atoms with Gasteiger partial charge in [0.1, 0.15) is 5.60 Å². The number of nitrogens with zero attached hydrogens (tertiary/aromatic N) is 3. The van der Waals surface area contributed by atoms with Gasteiger partial charge in [-0.25, -0.2) is 0 Å². The van der Waals surface area contributed by atoms with E-state index in [-0.39, 0.29) is 5.60 Å². The molecule has 3 fully saturated rings. The summed E-state index contributed by atoms with van der Waals surface area (Å²) in [6, 6.07) is 0. The zero-order valence-corrected chi connectivity index (χ0v) is 16.3. The summed E-state index contributed by atoms with van der Waals surface area (Å²) in [7, 11) is 4.42. The van der Waals surface area contributed by atoms with Crippen LogP contribution < -0.4 is 0 Å². The van der Waals surface area contributed by atoms with E-state index in [1.54, 1.807) is 0 Å². The number of aliphatic imine (C=N–C) groups is 1. The topological polar surface area (TPSA) is 28.1 Å². The minimum atomic E-state index is 0.0800. The molecule has 1 atom stereocenters. The van der Waals surface area contributed by atoms with Crippen molar-refractivity contribution >= 4 is 5.90 Å².